The molecular weight excluding hydrogens is 455 g/mol. The number of sulfone groups is 1. The molecule has 2 aromatic carbocycles. The highest BCUT2D eigenvalue weighted by Gasteiger charge is 2.47. The van der Waals surface area contributed by atoms with Gasteiger partial charge in [-0.15, -0.1) is 0 Å². The van der Waals surface area contributed by atoms with Crippen molar-refractivity contribution in [2.75, 3.05) is 12.8 Å². The molecule has 2 N–H and O–H groups in total. The van der Waals surface area contributed by atoms with Gasteiger partial charge in [-0.3, -0.25) is 9.69 Å². The van der Waals surface area contributed by atoms with Gasteiger partial charge in [0, 0.05) is 6.26 Å². The molecule has 0 spiro atoms. The number of carbonyl (C=O) groups is 1. The van der Waals surface area contributed by atoms with E-state index >= 15 is 0 Å². The minimum Gasteiger partial charge on any atom is -0.368 e. The molecule has 0 unspecified atom stereocenters. The maximum Gasteiger partial charge on any atom is 0.408 e. The van der Waals surface area contributed by atoms with Gasteiger partial charge in [0.25, 0.3) is 0 Å². The van der Waals surface area contributed by atoms with E-state index in [4.69, 9.17) is 5.73 Å². The van der Waals surface area contributed by atoms with Crippen molar-refractivity contribution in [2.24, 2.45) is 11.7 Å². The van der Waals surface area contributed by atoms with Gasteiger partial charge < -0.3 is 5.73 Å². The first-order valence-electron chi connectivity index (χ1n) is 10.1. The lowest BCUT2D eigenvalue weighted by Crippen LogP contribution is -2.51. The zero-order chi connectivity index (χ0) is 25.0. The molecule has 0 aromatic heterocycles. The summed E-state index contributed by atoms with van der Waals surface area (Å²) in [5, 5.41) is 9.19. The second kappa shape index (κ2) is 10.4. The molecule has 1 amide bonds. The third-order valence-electron chi connectivity index (χ3n) is 5.14. The molecule has 10 heteroatoms. The Morgan fingerprint density at radius 2 is 1.73 bits per heavy atom. The molecular formula is C23H26F3N3O3S. The highest BCUT2D eigenvalue weighted by atomic mass is 32.2. The molecule has 0 saturated carbocycles. The van der Waals surface area contributed by atoms with Gasteiger partial charge >= 0.3 is 6.18 Å². The van der Waals surface area contributed by atoms with Crippen LogP contribution in [-0.4, -0.2) is 44.2 Å². The van der Waals surface area contributed by atoms with Gasteiger partial charge in [0.1, 0.15) is 6.04 Å². The van der Waals surface area contributed by atoms with Crippen molar-refractivity contribution >= 4 is 15.7 Å². The second-order valence-electron chi connectivity index (χ2n) is 8.24. The van der Waals surface area contributed by atoms with Crippen molar-refractivity contribution in [1.29, 1.82) is 5.26 Å². The number of carbonyl (C=O) groups excluding carboxylic acids is 1. The lowest BCUT2D eigenvalue weighted by Gasteiger charge is -2.37. The number of alkyl halides is 3. The average Bonchev–Trinajstić information content (AvgIpc) is 2.70. The summed E-state index contributed by atoms with van der Waals surface area (Å²) in [6.45, 7) is 2.87. The molecule has 6 nitrogen and oxygen atoms in total. The average molecular weight is 482 g/mol. The number of benzene rings is 2. The van der Waals surface area contributed by atoms with Crippen LogP contribution in [0.25, 0.3) is 11.1 Å². The van der Waals surface area contributed by atoms with Gasteiger partial charge in [-0.2, -0.15) is 18.4 Å². The van der Waals surface area contributed by atoms with Gasteiger partial charge in [-0.25, -0.2) is 8.42 Å². The number of rotatable bonds is 9. The quantitative estimate of drug-likeness (QED) is 0.544. The zero-order valence-corrected chi connectivity index (χ0v) is 19.3. The first-order valence-corrected chi connectivity index (χ1v) is 12.0. The smallest absolute Gasteiger partial charge is 0.368 e. The lowest BCUT2D eigenvalue weighted by molar-refractivity contribution is -0.192. The maximum absolute atomic E-state index is 14.2. The molecule has 33 heavy (non-hydrogen) atoms. The Morgan fingerprint density at radius 3 is 2.18 bits per heavy atom. The molecule has 0 fully saturated rings. The summed E-state index contributed by atoms with van der Waals surface area (Å²) >= 11 is 0. The van der Waals surface area contributed by atoms with E-state index in [2.05, 4.69) is 0 Å². The monoisotopic (exact) mass is 481 g/mol. The van der Waals surface area contributed by atoms with Gasteiger partial charge in [-0.05, 0) is 41.2 Å². The number of nitriles is 1. The molecule has 2 rings (SSSR count). The minimum atomic E-state index is -4.78. The van der Waals surface area contributed by atoms with Crippen LogP contribution in [0.3, 0.4) is 0 Å². The number of hydrogen-bond donors (Lipinski definition) is 1. The fourth-order valence-electron chi connectivity index (χ4n) is 3.66. The molecule has 178 valence electrons. The van der Waals surface area contributed by atoms with Crippen LogP contribution in [0.2, 0.25) is 0 Å². The zero-order valence-electron chi connectivity index (χ0n) is 18.5. The Balaban J connectivity index is 2.53. The highest BCUT2D eigenvalue weighted by molar-refractivity contribution is 7.90. The summed E-state index contributed by atoms with van der Waals surface area (Å²) in [6, 6.07) is 9.72. The fraction of sp³-hybridized carbons (Fsp3) is 0.391. The van der Waals surface area contributed by atoms with E-state index < -0.39 is 40.5 Å². The van der Waals surface area contributed by atoms with Gasteiger partial charge in [0.15, 0.2) is 9.84 Å². The normalized spacial score (nSPS) is 14.2. The van der Waals surface area contributed by atoms with Gasteiger partial charge in [-0.1, -0.05) is 50.2 Å². The molecule has 0 aliphatic rings. The van der Waals surface area contributed by atoms with Crippen molar-refractivity contribution in [1.82, 2.24) is 4.90 Å². The standard InChI is InChI=1S/C23H26F3N3O3S/c1-15(2)13-20(22(28)30)29(12-11-27)21(23(24,25)26)17-9-7-16(8-10-17)18-5-4-6-19(14-18)33(3,31)32/h4-10,14-15,20-21H,12-13H2,1-3H3,(H2,28,30)/t20-,21-/m0/s1. The summed E-state index contributed by atoms with van der Waals surface area (Å²) in [5.74, 6) is -1.05. The molecule has 0 saturated heterocycles. The molecule has 2 aromatic rings. The van der Waals surface area contributed by atoms with Gasteiger partial charge in [0.05, 0.1) is 23.6 Å². The molecule has 0 bridgehead atoms. The summed E-state index contributed by atoms with van der Waals surface area (Å²) in [5.41, 5.74) is 6.31. The van der Waals surface area contributed by atoms with Crippen LogP contribution in [0.15, 0.2) is 53.4 Å². The predicted molar refractivity (Wildman–Crippen MR) is 119 cm³/mol. The number of nitrogens with zero attached hydrogens (tertiary/aromatic N) is 2. The largest absolute Gasteiger partial charge is 0.408 e. The molecule has 0 radical (unpaired) electrons. The van der Waals surface area contributed by atoms with E-state index in [1.54, 1.807) is 32.0 Å². The first kappa shape index (κ1) is 26.4. The summed E-state index contributed by atoms with van der Waals surface area (Å²) in [7, 11) is -3.45. The molecule has 2 atom stereocenters. The number of halogens is 3. The van der Waals surface area contributed by atoms with Crippen molar-refractivity contribution in [3.63, 3.8) is 0 Å². The number of hydrogen-bond acceptors (Lipinski definition) is 5. The van der Waals surface area contributed by atoms with Gasteiger partial charge in [0.2, 0.25) is 5.91 Å². The first-order chi connectivity index (χ1) is 15.3. The van der Waals surface area contributed by atoms with E-state index in [1.165, 1.54) is 36.4 Å². The topological polar surface area (TPSA) is 104 Å². The van der Waals surface area contributed by atoms with Crippen molar-refractivity contribution in [3.05, 3.63) is 54.1 Å². The Morgan fingerprint density at radius 1 is 1.12 bits per heavy atom. The van der Waals surface area contributed by atoms with Crippen molar-refractivity contribution < 1.29 is 26.4 Å². The predicted octanol–water partition coefficient (Wildman–Crippen LogP) is 4.09. The lowest BCUT2D eigenvalue weighted by atomic mass is 9.95. The third kappa shape index (κ3) is 6.79. The molecule has 0 aliphatic heterocycles. The van der Waals surface area contributed by atoms with E-state index in [0.29, 0.717) is 11.1 Å². The minimum absolute atomic E-state index is 0.0694. The number of amides is 1. The third-order valence-corrected chi connectivity index (χ3v) is 6.25. The molecule has 0 aliphatic carbocycles. The van der Waals surface area contributed by atoms with Crippen LogP contribution in [0.4, 0.5) is 13.2 Å². The Hall–Kier alpha value is -2.90. The summed E-state index contributed by atoms with van der Waals surface area (Å²) < 4.78 is 66.1. The second-order valence-corrected chi connectivity index (χ2v) is 10.3. The Kier molecular flexibility index (Phi) is 8.27. The SMILES string of the molecule is CC(C)C[C@@H](C(N)=O)N(CC#N)[C@@H](c1ccc(-c2cccc(S(C)(=O)=O)c2)cc1)C(F)(F)F. The maximum atomic E-state index is 14.2. The summed E-state index contributed by atoms with van der Waals surface area (Å²) in [6.07, 6.45) is -3.64. The van der Waals surface area contributed by atoms with Crippen LogP contribution >= 0.6 is 0 Å². The number of primary amides is 1. The Bertz CT molecular complexity index is 1120. The van der Waals surface area contributed by atoms with Crippen LogP contribution in [0, 0.1) is 17.2 Å². The highest BCUT2D eigenvalue weighted by Crippen LogP contribution is 2.40. The summed E-state index contributed by atoms with van der Waals surface area (Å²) in [4.78, 5) is 12.9. The molecule has 0 heterocycles. The van der Waals surface area contributed by atoms with Crippen LogP contribution in [0.1, 0.15) is 31.9 Å². The van der Waals surface area contributed by atoms with E-state index in [0.717, 1.165) is 11.2 Å². The van der Waals surface area contributed by atoms with E-state index in [1.807, 2.05) is 0 Å². The van der Waals surface area contributed by atoms with E-state index in [9.17, 15) is 31.6 Å². The van der Waals surface area contributed by atoms with Crippen LogP contribution in [-0.2, 0) is 14.6 Å². The Labute approximate surface area is 191 Å². The van der Waals surface area contributed by atoms with Crippen LogP contribution in [0.5, 0.6) is 0 Å². The fourth-order valence-corrected chi connectivity index (χ4v) is 4.32. The van der Waals surface area contributed by atoms with E-state index in [-0.39, 0.29) is 22.8 Å². The van der Waals surface area contributed by atoms with Crippen molar-refractivity contribution in [2.45, 2.75) is 43.4 Å². The number of nitrogens with two attached hydrogens (primary N) is 1. The van der Waals surface area contributed by atoms with Crippen LogP contribution < -0.4 is 5.73 Å². The van der Waals surface area contributed by atoms with Crippen molar-refractivity contribution in [3.8, 4) is 17.2 Å².